The molecule has 0 bridgehead atoms. The first-order valence-electron chi connectivity index (χ1n) is 13.9. The highest BCUT2D eigenvalue weighted by molar-refractivity contribution is 7.89. The summed E-state index contributed by atoms with van der Waals surface area (Å²) in [6, 6.07) is 9.23. The van der Waals surface area contributed by atoms with E-state index < -0.39 is 39.7 Å². The van der Waals surface area contributed by atoms with Gasteiger partial charge in [-0.2, -0.15) is 0 Å². The van der Waals surface area contributed by atoms with Crippen molar-refractivity contribution in [2.75, 3.05) is 45.8 Å². The molecule has 0 aliphatic carbocycles. The van der Waals surface area contributed by atoms with Crippen LogP contribution >= 0.6 is 0 Å². The molecule has 4 rings (SSSR count). The van der Waals surface area contributed by atoms with E-state index in [0.717, 1.165) is 18.4 Å². The number of ether oxygens (including phenoxy) is 3. The molecule has 1 fully saturated rings. The number of hydrogen-bond acceptors (Lipinski definition) is 7. The molecule has 2 heterocycles. The second kappa shape index (κ2) is 13.2. The van der Waals surface area contributed by atoms with Gasteiger partial charge in [0.2, 0.25) is 16.8 Å². The number of fused-ring (bicyclic) bond motifs is 1. The second-order valence-electron chi connectivity index (χ2n) is 10.3. The van der Waals surface area contributed by atoms with Gasteiger partial charge in [0.15, 0.2) is 23.1 Å². The number of halogens is 1. The molecule has 9 nitrogen and oxygen atoms in total. The van der Waals surface area contributed by atoms with Crippen molar-refractivity contribution in [3.05, 3.63) is 53.3 Å². The van der Waals surface area contributed by atoms with Crippen LogP contribution in [-0.4, -0.2) is 74.5 Å². The minimum atomic E-state index is -3.47. The van der Waals surface area contributed by atoms with Gasteiger partial charge in [0.1, 0.15) is 0 Å². The summed E-state index contributed by atoms with van der Waals surface area (Å²) in [5, 5.41) is 10.5. The fraction of sp³-hybridized carbons (Fsp3) is 0.552. The molecule has 3 atom stereocenters. The summed E-state index contributed by atoms with van der Waals surface area (Å²) in [5.41, 5.74) is 1.28. The average molecular weight is 579 g/mol. The molecule has 2 aliphatic heterocycles. The third-order valence-corrected chi connectivity index (χ3v) is 9.69. The second-order valence-corrected chi connectivity index (χ2v) is 12.4. The van der Waals surface area contributed by atoms with Crippen LogP contribution in [0, 0.1) is 11.7 Å². The van der Waals surface area contributed by atoms with Crippen LogP contribution in [0.25, 0.3) is 0 Å². The molecule has 0 unspecified atom stereocenters. The Labute approximate surface area is 235 Å². The average Bonchev–Trinajstić information content (AvgIpc) is 3.55. The van der Waals surface area contributed by atoms with Crippen LogP contribution in [0.4, 0.5) is 4.39 Å². The van der Waals surface area contributed by atoms with Crippen LogP contribution in [0.3, 0.4) is 0 Å². The number of nitrogens with zero attached hydrogens (tertiary/aromatic N) is 2. The zero-order chi connectivity index (χ0) is 28.9. The Bertz CT molecular complexity index is 1290. The molecule has 2 aromatic rings. The van der Waals surface area contributed by atoms with Crippen LogP contribution in [0.5, 0.6) is 17.2 Å². The van der Waals surface area contributed by atoms with Gasteiger partial charge in [-0.25, -0.2) is 17.1 Å². The lowest BCUT2D eigenvalue weighted by Crippen LogP contribution is -2.40. The molecule has 0 spiro atoms. The van der Waals surface area contributed by atoms with Crippen LogP contribution < -0.4 is 14.2 Å². The van der Waals surface area contributed by atoms with E-state index in [0.29, 0.717) is 49.5 Å². The van der Waals surface area contributed by atoms with Gasteiger partial charge in [-0.1, -0.05) is 38.8 Å². The number of sulfonamides is 1. The first-order chi connectivity index (χ1) is 19.2. The van der Waals surface area contributed by atoms with Crippen molar-refractivity contribution in [1.29, 1.82) is 0 Å². The Hall–Kier alpha value is -2.89. The maximum atomic E-state index is 14.8. The van der Waals surface area contributed by atoms with E-state index in [2.05, 4.69) is 0 Å². The number of hydrogen-bond donors (Lipinski definition) is 1. The van der Waals surface area contributed by atoms with Crippen LogP contribution in [0.1, 0.15) is 62.6 Å². The molecule has 220 valence electrons. The molecule has 2 aromatic carbocycles. The third kappa shape index (κ3) is 6.53. The molecule has 0 radical (unpaired) electrons. The molecule has 11 heteroatoms. The maximum absolute atomic E-state index is 14.8. The summed E-state index contributed by atoms with van der Waals surface area (Å²) in [6.45, 7) is 5.33. The van der Waals surface area contributed by atoms with Gasteiger partial charge in [-0.05, 0) is 48.2 Å². The Morgan fingerprint density at radius 3 is 2.50 bits per heavy atom. The predicted molar refractivity (Wildman–Crippen MR) is 149 cm³/mol. The molecule has 1 saturated heterocycles. The van der Waals surface area contributed by atoms with Crippen molar-refractivity contribution in [1.82, 2.24) is 9.21 Å². The molecular formula is C29H39FN2O7S. The standard InChI is InChI=1S/C29H39FN2O7S/c1-4-6-7-15-40(35,36)32(12-5-2)14-13-31-18-22(20-8-11-25-26(17-20)39-19-38-25)27(29(33)34)28(31)21-9-10-24(37-3)23(30)16-21/h8-11,16-17,22,27-28H,4-7,12-15,18-19H2,1-3H3,(H,33,34)/t22-,27-,28-/m1/s1. The third-order valence-electron chi connectivity index (χ3n) is 7.73. The smallest absolute Gasteiger partial charge is 0.309 e. The first kappa shape index (κ1) is 30.1. The zero-order valence-corrected chi connectivity index (χ0v) is 24.2. The molecule has 0 saturated carbocycles. The Kier molecular flexibility index (Phi) is 9.91. The van der Waals surface area contributed by atoms with Gasteiger partial charge < -0.3 is 19.3 Å². The number of methoxy groups -OCH3 is 1. The number of carboxylic acids is 1. The van der Waals surface area contributed by atoms with E-state index in [1.807, 2.05) is 24.8 Å². The van der Waals surface area contributed by atoms with Crippen LogP contribution in [0.2, 0.25) is 0 Å². The van der Waals surface area contributed by atoms with Crippen molar-refractivity contribution in [3.63, 3.8) is 0 Å². The number of carbonyl (C=O) groups is 1. The minimum Gasteiger partial charge on any atom is -0.494 e. The first-order valence-corrected chi connectivity index (χ1v) is 15.5. The predicted octanol–water partition coefficient (Wildman–Crippen LogP) is 4.64. The van der Waals surface area contributed by atoms with Gasteiger partial charge in [0.05, 0.1) is 18.8 Å². The van der Waals surface area contributed by atoms with Crippen LogP contribution in [-0.2, 0) is 14.8 Å². The minimum absolute atomic E-state index is 0.0692. The molecule has 0 amide bonds. The van der Waals surface area contributed by atoms with Crippen molar-refractivity contribution in [2.45, 2.75) is 51.5 Å². The molecule has 40 heavy (non-hydrogen) atoms. The fourth-order valence-electron chi connectivity index (χ4n) is 5.75. The molecule has 0 aromatic heterocycles. The zero-order valence-electron chi connectivity index (χ0n) is 23.3. The van der Waals surface area contributed by atoms with Gasteiger partial charge >= 0.3 is 5.97 Å². The van der Waals surface area contributed by atoms with Gasteiger partial charge in [0, 0.05) is 38.1 Å². The van der Waals surface area contributed by atoms with E-state index in [4.69, 9.17) is 14.2 Å². The number of likely N-dealkylation sites (tertiary alicyclic amines) is 1. The Morgan fingerprint density at radius 1 is 1.07 bits per heavy atom. The largest absolute Gasteiger partial charge is 0.494 e. The lowest BCUT2D eigenvalue weighted by atomic mass is 9.82. The highest BCUT2D eigenvalue weighted by Crippen LogP contribution is 2.48. The number of benzene rings is 2. The van der Waals surface area contributed by atoms with Gasteiger partial charge in [-0.15, -0.1) is 0 Å². The Balaban J connectivity index is 1.67. The summed E-state index contributed by atoms with van der Waals surface area (Å²) in [7, 11) is -2.09. The van der Waals surface area contributed by atoms with Crippen LogP contribution in [0.15, 0.2) is 36.4 Å². The molecule has 1 N–H and O–H groups in total. The molecule has 2 aliphatic rings. The fourth-order valence-corrected chi connectivity index (χ4v) is 7.40. The lowest BCUT2D eigenvalue weighted by Gasteiger charge is -2.30. The van der Waals surface area contributed by atoms with Gasteiger partial charge in [-0.3, -0.25) is 9.69 Å². The van der Waals surface area contributed by atoms with Crippen molar-refractivity contribution >= 4 is 16.0 Å². The lowest BCUT2D eigenvalue weighted by molar-refractivity contribution is -0.143. The quantitative estimate of drug-likeness (QED) is 0.324. The van der Waals surface area contributed by atoms with E-state index in [1.165, 1.54) is 23.5 Å². The van der Waals surface area contributed by atoms with Crippen molar-refractivity contribution in [3.8, 4) is 17.2 Å². The monoisotopic (exact) mass is 578 g/mol. The van der Waals surface area contributed by atoms with Crippen molar-refractivity contribution < 1.29 is 36.9 Å². The Morgan fingerprint density at radius 2 is 1.82 bits per heavy atom. The van der Waals surface area contributed by atoms with E-state index in [1.54, 1.807) is 18.2 Å². The topological polar surface area (TPSA) is 106 Å². The van der Waals surface area contributed by atoms with E-state index >= 15 is 0 Å². The van der Waals surface area contributed by atoms with Crippen molar-refractivity contribution in [2.24, 2.45) is 5.92 Å². The SMILES string of the molecule is CCCCCS(=O)(=O)N(CCC)CCN1C[C@H](c2ccc3c(c2)OCO3)[C@@H](C(=O)O)[C@H]1c1ccc(OC)c(F)c1. The van der Waals surface area contributed by atoms with E-state index in [9.17, 15) is 22.7 Å². The summed E-state index contributed by atoms with van der Waals surface area (Å²) >= 11 is 0. The maximum Gasteiger partial charge on any atom is 0.309 e. The summed E-state index contributed by atoms with van der Waals surface area (Å²) in [5.74, 6) is -1.63. The number of aliphatic carboxylic acids is 1. The summed E-state index contributed by atoms with van der Waals surface area (Å²) in [6.07, 6.45) is 3.03. The molecular weight excluding hydrogens is 539 g/mol. The van der Waals surface area contributed by atoms with E-state index in [-0.39, 0.29) is 24.8 Å². The number of carboxylic acid groups (broad SMARTS) is 1. The van der Waals surface area contributed by atoms with Gasteiger partial charge in [0.25, 0.3) is 0 Å². The number of rotatable bonds is 14. The highest BCUT2D eigenvalue weighted by Gasteiger charge is 2.48. The normalized spacial score (nSPS) is 20.8. The summed E-state index contributed by atoms with van der Waals surface area (Å²) in [4.78, 5) is 14.8. The highest BCUT2D eigenvalue weighted by atomic mass is 32.2. The number of unbranched alkanes of at least 4 members (excludes halogenated alkanes) is 2. The summed E-state index contributed by atoms with van der Waals surface area (Å²) < 4.78 is 58.7.